The molecule has 0 aromatic heterocycles. The highest BCUT2D eigenvalue weighted by atomic mass is 35.5. The number of rotatable bonds is 4. The Morgan fingerprint density at radius 2 is 1.60 bits per heavy atom. The van der Waals surface area contributed by atoms with Crippen LogP contribution in [0.2, 0.25) is 10.0 Å². The van der Waals surface area contributed by atoms with Crippen molar-refractivity contribution in [3.05, 3.63) is 63.0 Å². The molecule has 2 aliphatic heterocycles. The number of halogens is 2. The molecule has 6 heteroatoms. The maximum atomic E-state index is 6.24. The highest BCUT2D eigenvalue weighted by Crippen LogP contribution is 2.34. The van der Waals surface area contributed by atoms with Gasteiger partial charge in [-0.15, -0.1) is 11.8 Å². The van der Waals surface area contributed by atoms with Gasteiger partial charge in [0.25, 0.3) is 0 Å². The van der Waals surface area contributed by atoms with Gasteiger partial charge in [-0.05, 0) is 48.7 Å². The van der Waals surface area contributed by atoms with Gasteiger partial charge in [-0.1, -0.05) is 41.4 Å². The third-order valence-corrected chi connectivity index (χ3v) is 7.62. The Morgan fingerprint density at radius 3 is 2.33 bits per heavy atom. The third kappa shape index (κ3) is 4.77. The standard InChI is InChI=1S/C24H27Cl2N3S/c25-19-14-20(26)16-22(15-19)29-11-12-30-23(17-29)13-18-3-1-2-4-24(18)28-9-7-27(8-10-28)21-5-6-21/h1-4,13-16,21H,5-12,17H2. The first-order chi connectivity index (χ1) is 14.7. The predicted octanol–water partition coefficient (Wildman–Crippen LogP) is 5.87. The van der Waals surface area contributed by atoms with Crippen LogP contribution in [0.15, 0.2) is 47.4 Å². The quantitative estimate of drug-likeness (QED) is 0.564. The second-order valence-electron chi connectivity index (χ2n) is 8.32. The average Bonchev–Trinajstić information content (AvgIpc) is 3.59. The topological polar surface area (TPSA) is 9.72 Å². The number of piperazine rings is 1. The molecule has 0 unspecified atom stereocenters. The Bertz CT molecular complexity index is 916. The molecule has 1 saturated carbocycles. The summed E-state index contributed by atoms with van der Waals surface area (Å²) in [6, 6.07) is 15.5. The molecule has 158 valence electrons. The summed E-state index contributed by atoms with van der Waals surface area (Å²) in [4.78, 5) is 8.99. The largest absolute Gasteiger partial charge is 0.368 e. The zero-order valence-corrected chi connectivity index (χ0v) is 19.4. The van der Waals surface area contributed by atoms with Crippen LogP contribution in [0.25, 0.3) is 6.08 Å². The first-order valence-electron chi connectivity index (χ1n) is 10.8. The maximum Gasteiger partial charge on any atom is 0.0489 e. The van der Waals surface area contributed by atoms with Gasteiger partial charge < -0.3 is 9.80 Å². The molecule has 2 heterocycles. The van der Waals surface area contributed by atoms with E-state index in [4.69, 9.17) is 23.2 Å². The van der Waals surface area contributed by atoms with Crippen LogP contribution in [0, 0.1) is 0 Å². The first kappa shape index (κ1) is 20.6. The molecule has 2 aromatic rings. The molecule has 0 radical (unpaired) electrons. The van der Waals surface area contributed by atoms with Gasteiger partial charge >= 0.3 is 0 Å². The van der Waals surface area contributed by atoms with Gasteiger partial charge in [0.15, 0.2) is 0 Å². The van der Waals surface area contributed by atoms with Crippen LogP contribution in [-0.2, 0) is 0 Å². The fourth-order valence-corrected chi connectivity index (χ4v) is 6.01. The van der Waals surface area contributed by atoms with Crippen LogP contribution in [0.4, 0.5) is 11.4 Å². The van der Waals surface area contributed by atoms with Crippen LogP contribution in [0.3, 0.4) is 0 Å². The zero-order chi connectivity index (χ0) is 20.5. The molecule has 2 aromatic carbocycles. The fraction of sp³-hybridized carbons (Fsp3) is 0.417. The summed E-state index contributed by atoms with van der Waals surface area (Å²) in [5.41, 5.74) is 3.79. The number of para-hydroxylation sites is 1. The fourth-order valence-electron chi connectivity index (χ4n) is 4.47. The summed E-state index contributed by atoms with van der Waals surface area (Å²) in [5.74, 6) is 1.07. The lowest BCUT2D eigenvalue weighted by atomic mass is 10.1. The molecular formula is C24H27Cl2N3S. The smallest absolute Gasteiger partial charge is 0.0489 e. The molecule has 0 bridgehead atoms. The first-order valence-corrected chi connectivity index (χ1v) is 12.5. The molecule has 3 aliphatic rings. The second-order valence-corrected chi connectivity index (χ2v) is 10.4. The van der Waals surface area contributed by atoms with Gasteiger partial charge in [0, 0.05) is 77.4 Å². The third-order valence-electron chi connectivity index (χ3n) is 6.18. The van der Waals surface area contributed by atoms with E-state index in [1.165, 1.54) is 42.1 Å². The summed E-state index contributed by atoms with van der Waals surface area (Å²) < 4.78 is 0. The Balaban J connectivity index is 1.33. The Labute approximate surface area is 193 Å². The Morgan fingerprint density at radius 1 is 0.867 bits per heavy atom. The minimum atomic E-state index is 0.692. The number of anilines is 2. The molecule has 0 spiro atoms. The predicted molar refractivity (Wildman–Crippen MR) is 132 cm³/mol. The maximum absolute atomic E-state index is 6.24. The Hall–Kier alpha value is -1.33. The van der Waals surface area contributed by atoms with E-state index in [-0.39, 0.29) is 0 Å². The monoisotopic (exact) mass is 459 g/mol. The number of hydrogen-bond acceptors (Lipinski definition) is 4. The van der Waals surface area contributed by atoms with Crippen molar-refractivity contribution in [3.63, 3.8) is 0 Å². The number of hydrogen-bond donors (Lipinski definition) is 0. The van der Waals surface area contributed by atoms with E-state index in [2.05, 4.69) is 45.0 Å². The van der Waals surface area contributed by atoms with Crippen molar-refractivity contribution in [1.82, 2.24) is 4.90 Å². The molecular weight excluding hydrogens is 433 g/mol. The van der Waals surface area contributed by atoms with Crippen LogP contribution in [0.5, 0.6) is 0 Å². The van der Waals surface area contributed by atoms with Gasteiger partial charge in [0.2, 0.25) is 0 Å². The highest BCUT2D eigenvalue weighted by molar-refractivity contribution is 8.03. The average molecular weight is 460 g/mol. The number of thioether (sulfide) groups is 1. The molecule has 5 rings (SSSR count). The molecule has 2 saturated heterocycles. The van der Waals surface area contributed by atoms with Crippen molar-refractivity contribution >= 4 is 52.4 Å². The van der Waals surface area contributed by atoms with Crippen LogP contribution in [-0.4, -0.2) is 56.0 Å². The number of benzene rings is 2. The lowest BCUT2D eigenvalue weighted by Crippen LogP contribution is -2.47. The summed E-state index contributed by atoms with van der Waals surface area (Å²) >= 11 is 14.4. The van der Waals surface area contributed by atoms with Crippen molar-refractivity contribution in [1.29, 1.82) is 0 Å². The van der Waals surface area contributed by atoms with E-state index in [0.29, 0.717) is 10.0 Å². The molecule has 30 heavy (non-hydrogen) atoms. The normalized spacial score (nSPS) is 22.0. The van der Waals surface area contributed by atoms with Gasteiger partial charge in [0.05, 0.1) is 0 Å². The van der Waals surface area contributed by atoms with Crippen LogP contribution in [0.1, 0.15) is 18.4 Å². The lowest BCUT2D eigenvalue weighted by Gasteiger charge is -2.37. The Kier molecular flexibility index (Phi) is 6.19. The van der Waals surface area contributed by atoms with Crippen molar-refractivity contribution in [2.45, 2.75) is 18.9 Å². The summed E-state index contributed by atoms with van der Waals surface area (Å²) in [6.45, 7) is 6.52. The number of nitrogens with zero attached hydrogens (tertiary/aromatic N) is 3. The van der Waals surface area contributed by atoms with E-state index < -0.39 is 0 Å². The van der Waals surface area contributed by atoms with Crippen LogP contribution >= 0.6 is 35.0 Å². The van der Waals surface area contributed by atoms with Gasteiger partial charge in [-0.25, -0.2) is 0 Å². The van der Waals surface area contributed by atoms with E-state index in [1.807, 2.05) is 23.9 Å². The highest BCUT2D eigenvalue weighted by Gasteiger charge is 2.31. The van der Waals surface area contributed by atoms with Gasteiger partial charge in [0.1, 0.15) is 0 Å². The summed E-state index contributed by atoms with van der Waals surface area (Å²) in [5, 5.41) is 1.38. The molecule has 0 atom stereocenters. The lowest BCUT2D eigenvalue weighted by molar-refractivity contribution is 0.248. The second kappa shape index (κ2) is 9.04. The minimum absolute atomic E-state index is 0.692. The SMILES string of the molecule is Clc1cc(Cl)cc(N2CCSC(=Cc3ccccc3N3CCN(C4CC4)CC3)C2)c1. The summed E-state index contributed by atoms with van der Waals surface area (Å²) in [6.07, 6.45) is 5.17. The van der Waals surface area contributed by atoms with Crippen LogP contribution < -0.4 is 9.80 Å². The summed E-state index contributed by atoms with van der Waals surface area (Å²) in [7, 11) is 0. The van der Waals surface area contributed by atoms with Gasteiger partial charge in [-0.2, -0.15) is 0 Å². The van der Waals surface area contributed by atoms with Crippen molar-refractivity contribution in [2.24, 2.45) is 0 Å². The van der Waals surface area contributed by atoms with E-state index in [0.717, 1.165) is 43.7 Å². The molecule has 1 aliphatic carbocycles. The van der Waals surface area contributed by atoms with Crippen molar-refractivity contribution in [3.8, 4) is 0 Å². The van der Waals surface area contributed by atoms with Gasteiger partial charge in [-0.3, -0.25) is 4.90 Å². The van der Waals surface area contributed by atoms with E-state index in [1.54, 1.807) is 6.07 Å². The molecule has 0 N–H and O–H groups in total. The van der Waals surface area contributed by atoms with E-state index in [9.17, 15) is 0 Å². The van der Waals surface area contributed by atoms with Crippen molar-refractivity contribution < 1.29 is 0 Å². The van der Waals surface area contributed by atoms with E-state index >= 15 is 0 Å². The zero-order valence-electron chi connectivity index (χ0n) is 17.1. The van der Waals surface area contributed by atoms with Crippen molar-refractivity contribution in [2.75, 3.05) is 54.8 Å². The molecule has 0 amide bonds. The molecule has 3 fully saturated rings. The minimum Gasteiger partial charge on any atom is -0.368 e. The molecule has 3 nitrogen and oxygen atoms in total.